The maximum atomic E-state index is 12.4. The van der Waals surface area contributed by atoms with Gasteiger partial charge < -0.3 is 25.7 Å². The van der Waals surface area contributed by atoms with Crippen molar-refractivity contribution in [3.8, 4) is 0 Å². The van der Waals surface area contributed by atoms with Gasteiger partial charge in [0.2, 0.25) is 0 Å². The molecule has 1 aliphatic carbocycles. The number of carbonyl (C=O) groups excluding carboxylic acids is 2. The SMILES string of the molecule is CCOC1CCC(OC(=O)c2ccc(C=CC(=O)OCCc3ccc(N)cc3N)cc2)CC1. The molecule has 0 atom stereocenters. The lowest BCUT2D eigenvalue weighted by atomic mass is 9.95. The minimum absolute atomic E-state index is 0.0628. The van der Waals surface area contributed by atoms with E-state index in [1.54, 1.807) is 42.5 Å². The average molecular weight is 453 g/mol. The van der Waals surface area contributed by atoms with Crippen LogP contribution in [0.4, 0.5) is 11.4 Å². The van der Waals surface area contributed by atoms with Crippen molar-refractivity contribution in [2.24, 2.45) is 0 Å². The molecule has 1 aliphatic rings. The fourth-order valence-corrected chi connectivity index (χ4v) is 3.82. The van der Waals surface area contributed by atoms with Gasteiger partial charge in [-0.1, -0.05) is 18.2 Å². The number of hydrogen-bond donors (Lipinski definition) is 2. The second-order valence-electron chi connectivity index (χ2n) is 8.09. The van der Waals surface area contributed by atoms with Gasteiger partial charge in [-0.15, -0.1) is 0 Å². The van der Waals surface area contributed by atoms with E-state index in [0.29, 0.717) is 30.0 Å². The fraction of sp³-hybridized carbons (Fsp3) is 0.385. The monoisotopic (exact) mass is 452 g/mol. The molecule has 1 fully saturated rings. The van der Waals surface area contributed by atoms with Gasteiger partial charge in [-0.25, -0.2) is 9.59 Å². The van der Waals surface area contributed by atoms with Crippen LogP contribution in [0.5, 0.6) is 0 Å². The van der Waals surface area contributed by atoms with Crippen LogP contribution in [0.25, 0.3) is 6.08 Å². The van der Waals surface area contributed by atoms with Gasteiger partial charge in [-0.05, 0) is 74.1 Å². The zero-order valence-electron chi connectivity index (χ0n) is 19.0. The molecular formula is C26H32N2O5. The molecule has 4 N–H and O–H groups in total. The van der Waals surface area contributed by atoms with Crippen LogP contribution in [-0.2, 0) is 25.4 Å². The van der Waals surface area contributed by atoms with E-state index >= 15 is 0 Å². The van der Waals surface area contributed by atoms with Crippen molar-refractivity contribution >= 4 is 29.4 Å². The predicted molar refractivity (Wildman–Crippen MR) is 128 cm³/mol. The van der Waals surface area contributed by atoms with Crippen LogP contribution in [0.2, 0.25) is 0 Å². The minimum Gasteiger partial charge on any atom is -0.462 e. The Bertz CT molecular complexity index is 963. The first-order valence-electron chi connectivity index (χ1n) is 11.4. The van der Waals surface area contributed by atoms with E-state index in [9.17, 15) is 9.59 Å². The summed E-state index contributed by atoms with van der Waals surface area (Å²) < 4.78 is 16.5. The second-order valence-corrected chi connectivity index (χ2v) is 8.09. The molecule has 0 saturated heterocycles. The molecule has 7 heteroatoms. The van der Waals surface area contributed by atoms with E-state index in [0.717, 1.165) is 36.8 Å². The highest BCUT2D eigenvalue weighted by molar-refractivity contribution is 5.90. The number of carbonyl (C=O) groups is 2. The summed E-state index contributed by atoms with van der Waals surface area (Å²) in [5.74, 6) is -0.776. The van der Waals surface area contributed by atoms with E-state index in [4.69, 9.17) is 25.7 Å². The summed E-state index contributed by atoms with van der Waals surface area (Å²) in [4.78, 5) is 24.4. The minimum atomic E-state index is -0.449. The van der Waals surface area contributed by atoms with Crippen LogP contribution < -0.4 is 11.5 Å². The lowest BCUT2D eigenvalue weighted by Gasteiger charge is -2.28. The molecule has 0 heterocycles. The van der Waals surface area contributed by atoms with Crippen LogP contribution >= 0.6 is 0 Å². The van der Waals surface area contributed by atoms with Gasteiger partial charge in [0, 0.05) is 30.5 Å². The quantitative estimate of drug-likeness (QED) is 0.334. The van der Waals surface area contributed by atoms with E-state index in [-0.39, 0.29) is 24.8 Å². The van der Waals surface area contributed by atoms with Gasteiger partial charge in [0.1, 0.15) is 6.10 Å². The zero-order valence-corrected chi connectivity index (χ0v) is 19.0. The lowest BCUT2D eigenvalue weighted by molar-refractivity contribution is -0.137. The largest absolute Gasteiger partial charge is 0.462 e. The molecule has 0 radical (unpaired) electrons. The van der Waals surface area contributed by atoms with Crippen molar-refractivity contribution in [2.75, 3.05) is 24.7 Å². The Morgan fingerprint density at radius 1 is 1.00 bits per heavy atom. The normalized spacial score (nSPS) is 18.2. The summed E-state index contributed by atoms with van der Waals surface area (Å²) in [5, 5.41) is 0. The van der Waals surface area contributed by atoms with Crippen molar-refractivity contribution < 1.29 is 23.8 Å². The molecule has 0 amide bonds. The number of ether oxygens (including phenoxy) is 3. The highest BCUT2D eigenvalue weighted by atomic mass is 16.5. The Morgan fingerprint density at radius 3 is 2.36 bits per heavy atom. The Kier molecular flexibility index (Phi) is 8.89. The Labute approximate surface area is 194 Å². The second kappa shape index (κ2) is 12.1. The Morgan fingerprint density at radius 2 is 1.70 bits per heavy atom. The van der Waals surface area contributed by atoms with Crippen molar-refractivity contribution in [1.82, 2.24) is 0 Å². The fourth-order valence-electron chi connectivity index (χ4n) is 3.82. The van der Waals surface area contributed by atoms with Crippen LogP contribution in [0.1, 0.15) is 54.1 Å². The van der Waals surface area contributed by atoms with Gasteiger partial charge in [0.05, 0.1) is 18.3 Å². The number of benzene rings is 2. The number of nitrogens with two attached hydrogens (primary N) is 2. The Hall–Kier alpha value is -3.32. The number of anilines is 2. The van der Waals surface area contributed by atoms with Crippen molar-refractivity contribution in [3.63, 3.8) is 0 Å². The van der Waals surface area contributed by atoms with Gasteiger partial charge in [0.15, 0.2) is 0 Å². The average Bonchev–Trinajstić information content (AvgIpc) is 2.81. The van der Waals surface area contributed by atoms with Crippen molar-refractivity contribution in [3.05, 3.63) is 65.2 Å². The summed E-state index contributed by atoms with van der Waals surface area (Å²) in [6.07, 6.45) is 7.20. The molecule has 2 aromatic carbocycles. The number of hydrogen-bond acceptors (Lipinski definition) is 7. The number of rotatable bonds is 9. The van der Waals surface area contributed by atoms with E-state index in [1.165, 1.54) is 6.08 Å². The summed E-state index contributed by atoms with van der Waals surface area (Å²) in [7, 11) is 0. The molecule has 0 aliphatic heterocycles. The Balaban J connectivity index is 1.41. The van der Waals surface area contributed by atoms with Gasteiger partial charge in [-0.3, -0.25) is 0 Å². The molecule has 7 nitrogen and oxygen atoms in total. The first-order chi connectivity index (χ1) is 15.9. The molecule has 0 spiro atoms. The highest BCUT2D eigenvalue weighted by Crippen LogP contribution is 2.24. The molecule has 2 aromatic rings. The van der Waals surface area contributed by atoms with Crippen LogP contribution in [0.3, 0.4) is 0 Å². The van der Waals surface area contributed by atoms with Gasteiger partial charge >= 0.3 is 11.9 Å². The molecule has 3 rings (SSSR count). The van der Waals surface area contributed by atoms with Crippen LogP contribution in [0, 0.1) is 0 Å². The third kappa shape index (κ3) is 7.64. The molecule has 0 aromatic heterocycles. The standard InChI is InChI=1S/C26H32N2O5/c1-2-31-22-10-12-23(13-11-22)33-26(30)20-6-3-18(4-7-20)5-14-25(29)32-16-15-19-8-9-21(27)17-24(19)28/h3-9,14,17,22-23H,2,10-13,15-16,27-28H2,1H3. The molecule has 176 valence electrons. The molecular weight excluding hydrogens is 420 g/mol. The third-order valence-electron chi connectivity index (χ3n) is 5.64. The number of esters is 2. The van der Waals surface area contributed by atoms with E-state index in [1.807, 2.05) is 13.0 Å². The smallest absolute Gasteiger partial charge is 0.338 e. The lowest BCUT2D eigenvalue weighted by Crippen LogP contribution is -2.28. The molecule has 0 bridgehead atoms. The van der Waals surface area contributed by atoms with E-state index in [2.05, 4.69) is 0 Å². The predicted octanol–water partition coefficient (Wildman–Crippen LogP) is 4.15. The highest BCUT2D eigenvalue weighted by Gasteiger charge is 2.24. The first kappa shape index (κ1) is 24.3. The van der Waals surface area contributed by atoms with Gasteiger partial charge in [-0.2, -0.15) is 0 Å². The first-order valence-corrected chi connectivity index (χ1v) is 11.4. The molecule has 33 heavy (non-hydrogen) atoms. The third-order valence-corrected chi connectivity index (χ3v) is 5.64. The topological polar surface area (TPSA) is 114 Å². The van der Waals surface area contributed by atoms with Crippen molar-refractivity contribution in [1.29, 1.82) is 0 Å². The summed E-state index contributed by atoms with van der Waals surface area (Å²) in [5.41, 5.74) is 14.9. The summed E-state index contributed by atoms with van der Waals surface area (Å²) in [6, 6.07) is 12.2. The van der Waals surface area contributed by atoms with Gasteiger partial charge in [0.25, 0.3) is 0 Å². The van der Waals surface area contributed by atoms with Crippen LogP contribution in [0.15, 0.2) is 48.5 Å². The molecule has 1 saturated carbocycles. The van der Waals surface area contributed by atoms with Crippen molar-refractivity contribution in [2.45, 2.75) is 51.2 Å². The van der Waals surface area contributed by atoms with E-state index < -0.39 is 5.97 Å². The maximum absolute atomic E-state index is 12.4. The summed E-state index contributed by atoms with van der Waals surface area (Å²) >= 11 is 0. The summed E-state index contributed by atoms with van der Waals surface area (Å²) in [6.45, 7) is 2.93. The number of nitrogen functional groups attached to an aromatic ring is 2. The maximum Gasteiger partial charge on any atom is 0.338 e. The zero-order chi connectivity index (χ0) is 23.6. The molecule has 0 unspecified atom stereocenters. The van der Waals surface area contributed by atoms with Crippen LogP contribution in [-0.4, -0.2) is 37.4 Å².